The molecule has 40 heavy (non-hydrogen) atoms. The molecule has 4 rings (SSSR count). The number of hydrogen-bond donors (Lipinski definition) is 0. The van der Waals surface area contributed by atoms with Gasteiger partial charge in [0.05, 0.1) is 10.0 Å². The minimum atomic E-state index is -2.06. The second kappa shape index (κ2) is 12.1. The molecule has 2 aromatic rings. The highest BCUT2D eigenvalue weighted by Crippen LogP contribution is 2.41. The zero-order valence-corrected chi connectivity index (χ0v) is 24.5. The minimum absolute atomic E-state index is 0.0333. The summed E-state index contributed by atoms with van der Waals surface area (Å²) in [5.74, 6) is -6.84. The number of allylic oxidation sites excluding steroid dienone is 6. The van der Waals surface area contributed by atoms with Gasteiger partial charge in [-0.15, -0.1) is 23.2 Å². The first-order chi connectivity index (χ1) is 18.9. The number of ketones is 2. The van der Waals surface area contributed by atoms with Crippen LogP contribution in [0.25, 0.3) is 0 Å². The maximum Gasteiger partial charge on any atom is 0.364 e. The number of alkyl halides is 2. The fourth-order valence-electron chi connectivity index (χ4n) is 4.14. The molecular formula is C28H16Cl6O6. The van der Waals surface area contributed by atoms with Crippen molar-refractivity contribution in [1.29, 1.82) is 0 Å². The van der Waals surface area contributed by atoms with Crippen molar-refractivity contribution in [2.45, 2.75) is 9.75 Å². The normalized spacial score (nSPS) is 25.4. The summed E-state index contributed by atoms with van der Waals surface area (Å²) in [7, 11) is 0. The molecule has 12 heteroatoms. The number of halogens is 6. The number of benzene rings is 2. The molecule has 0 fully saturated rings. The van der Waals surface area contributed by atoms with Gasteiger partial charge in [0.2, 0.25) is 0 Å². The second-order valence-electron chi connectivity index (χ2n) is 8.69. The quantitative estimate of drug-likeness (QED) is 0.137. The molecule has 0 N–H and O–H groups in total. The van der Waals surface area contributed by atoms with Crippen LogP contribution in [0.4, 0.5) is 0 Å². The Morgan fingerprint density at radius 1 is 0.600 bits per heavy atom. The molecule has 2 aliphatic rings. The molecule has 206 valence electrons. The Balaban J connectivity index is 1.56. The monoisotopic (exact) mass is 658 g/mol. The van der Waals surface area contributed by atoms with E-state index in [0.29, 0.717) is 0 Å². The van der Waals surface area contributed by atoms with E-state index in [1.807, 2.05) is 0 Å². The van der Waals surface area contributed by atoms with Crippen LogP contribution >= 0.6 is 69.6 Å². The number of carbonyl (C=O) groups excluding carboxylic acids is 4. The van der Waals surface area contributed by atoms with Crippen LogP contribution in [0.1, 0.15) is 20.7 Å². The van der Waals surface area contributed by atoms with E-state index in [1.165, 1.54) is 48.6 Å². The average Bonchev–Trinajstić information content (AvgIpc) is 2.91. The van der Waals surface area contributed by atoms with Crippen molar-refractivity contribution < 1.29 is 29.0 Å². The van der Waals surface area contributed by atoms with Gasteiger partial charge in [0, 0.05) is 21.2 Å². The van der Waals surface area contributed by atoms with Gasteiger partial charge in [-0.2, -0.15) is 0 Å². The largest absolute Gasteiger partial charge is 0.364 e. The molecule has 4 unspecified atom stereocenters. The van der Waals surface area contributed by atoms with E-state index in [0.717, 1.165) is 12.2 Å². The molecule has 6 nitrogen and oxygen atoms in total. The van der Waals surface area contributed by atoms with E-state index in [4.69, 9.17) is 79.4 Å². The third-order valence-electron chi connectivity index (χ3n) is 6.14. The average molecular weight is 661 g/mol. The summed E-state index contributed by atoms with van der Waals surface area (Å²) < 4.78 is 0. The highest BCUT2D eigenvalue weighted by Gasteiger charge is 2.51. The summed E-state index contributed by atoms with van der Waals surface area (Å²) in [6.45, 7) is 0. The summed E-state index contributed by atoms with van der Waals surface area (Å²) in [6.07, 6.45) is 7.46. The van der Waals surface area contributed by atoms with Crippen molar-refractivity contribution >= 4 is 93.1 Å². The van der Waals surface area contributed by atoms with Gasteiger partial charge in [-0.05, 0) is 48.6 Å². The fraction of sp³-hybridized carbons (Fsp3) is 0.143. The lowest BCUT2D eigenvalue weighted by atomic mass is 9.81. The van der Waals surface area contributed by atoms with E-state index in [2.05, 4.69) is 0 Å². The van der Waals surface area contributed by atoms with Gasteiger partial charge in [-0.1, -0.05) is 82.8 Å². The Hall–Kier alpha value is -2.58. The fourth-order valence-corrected chi connectivity index (χ4v) is 5.94. The Kier molecular flexibility index (Phi) is 9.20. The van der Waals surface area contributed by atoms with Crippen LogP contribution in [0, 0.1) is 11.8 Å². The van der Waals surface area contributed by atoms with Gasteiger partial charge in [0.25, 0.3) is 0 Å². The summed E-state index contributed by atoms with van der Waals surface area (Å²) >= 11 is 37.8. The summed E-state index contributed by atoms with van der Waals surface area (Å²) in [6, 6.07) is 12.2. The molecule has 0 spiro atoms. The predicted octanol–water partition coefficient (Wildman–Crippen LogP) is 7.63. The van der Waals surface area contributed by atoms with E-state index >= 15 is 0 Å². The lowest BCUT2D eigenvalue weighted by molar-refractivity contribution is -0.263. The first kappa shape index (κ1) is 30.4. The molecule has 0 bridgehead atoms. The van der Waals surface area contributed by atoms with Gasteiger partial charge in [0.1, 0.15) is 21.6 Å². The van der Waals surface area contributed by atoms with Crippen molar-refractivity contribution in [3.05, 3.63) is 116 Å². The number of hydrogen-bond acceptors (Lipinski definition) is 6. The minimum Gasteiger partial charge on any atom is -0.292 e. The SMILES string of the molecule is O=C(OOC(=O)C1C=CC(Cl)=CC1(Cl)C(=O)c1ccccc1Cl)C1C=CC(Cl)=CC1(Cl)C(=O)c1ccccc1Cl. The molecule has 4 atom stereocenters. The Labute approximate surface area is 258 Å². The van der Waals surface area contributed by atoms with Crippen LogP contribution in [0.15, 0.2) is 95.1 Å². The Morgan fingerprint density at radius 2 is 0.950 bits per heavy atom. The maximum absolute atomic E-state index is 13.4. The molecule has 2 aliphatic carbocycles. The summed E-state index contributed by atoms with van der Waals surface area (Å²) in [4.78, 5) is 58.4. The summed E-state index contributed by atoms with van der Waals surface area (Å²) in [5.41, 5.74) is 0.0667. The van der Waals surface area contributed by atoms with E-state index in [9.17, 15) is 19.2 Å². The summed E-state index contributed by atoms with van der Waals surface area (Å²) in [5, 5.41) is 0.361. The van der Waals surface area contributed by atoms with Gasteiger partial charge in [-0.3, -0.25) is 9.59 Å². The maximum atomic E-state index is 13.4. The smallest absolute Gasteiger partial charge is 0.292 e. The van der Waals surface area contributed by atoms with Crippen LogP contribution < -0.4 is 0 Å². The second-order valence-corrected chi connectivity index (χ2v) is 11.6. The van der Waals surface area contributed by atoms with Crippen molar-refractivity contribution in [3.63, 3.8) is 0 Å². The molecule has 0 radical (unpaired) electrons. The molecule has 2 aromatic carbocycles. The highest BCUT2D eigenvalue weighted by atomic mass is 35.5. The van der Waals surface area contributed by atoms with E-state index in [1.54, 1.807) is 24.3 Å². The Morgan fingerprint density at radius 3 is 1.30 bits per heavy atom. The molecule has 0 saturated carbocycles. The van der Waals surface area contributed by atoms with E-state index in [-0.39, 0.29) is 31.2 Å². The number of rotatable bonds is 6. The molecule has 0 saturated heterocycles. The predicted molar refractivity (Wildman–Crippen MR) is 154 cm³/mol. The van der Waals surface area contributed by atoms with Crippen molar-refractivity contribution in [2.24, 2.45) is 11.8 Å². The topological polar surface area (TPSA) is 86.7 Å². The van der Waals surface area contributed by atoms with Gasteiger partial charge in [-0.25, -0.2) is 19.4 Å². The zero-order chi connectivity index (χ0) is 29.2. The lowest BCUT2D eigenvalue weighted by Gasteiger charge is -2.31. The molecular weight excluding hydrogens is 645 g/mol. The van der Waals surface area contributed by atoms with Gasteiger partial charge < -0.3 is 0 Å². The number of Topliss-reactive ketones (excluding diaryl/α,β-unsaturated/α-hetero) is 2. The van der Waals surface area contributed by atoms with Crippen LogP contribution in [-0.2, 0) is 19.4 Å². The third kappa shape index (κ3) is 5.89. The first-order valence-electron chi connectivity index (χ1n) is 11.4. The van der Waals surface area contributed by atoms with Crippen molar-refractivity contribution in [3.8, 4) is 0 Å². The Bertz CT molecular complexity index is 1420. The van der Waals surface area contributed by atoms with Crippen molar-refractivity contribution in [2.75, 3.05) is 0 Å². The van der Waals surface area contributed by atoms with Gasteiger partial charge in [0.15, 0.2) is 11.6 Å². The molecule has 0 amide bonds. The standard InChI is InChI=1S/C28H16Cl6O6/c29-15-9-11-19(27(33,13-15)23(35)17-5-1-3-7-21(17)31)25(37)39-40-26(38)20-12-10-16(30)14-28(20,34)24(36)18-6-2-4-8-22(18)32/h1-14,19-20H. The van der Waals surface area contributed by atoms with Crippen molar-refractivity contribution in [1.82, 2.24) is 0 Å². The highest BCUT2D eigenvalue weighted by molar-refractivity contribution is 6.46. The number of carbonyl (C=O) groups is 4. The van der Waals surface area contributed by atoms with E-state index < -0.39 is 45.1 Å². The molecule has 0 aromatic heterocycles. The molecule has 0 heterocycles. The zero-order valence-electron chi connectivity index (χ0n) is 20.0. The first-order valence-corrected chi connectivity index (χ1v) is 13.7. The van der Waals surface area contributed by atoms with Crippen LogP contribution in [0.3, 0.4) is 0 Å². The van der Waals surface area contributed by atoms with Gasteiger partial charge >= 0.3 is 11.9 Å². The molecule has 0 aliphatic heterocycles. The lowest BCUT2D eigenvalue weighted by Crippen LogP contribution is -2.46. The van der Waals surface area contributed by atoms with Crippen LogP contribution in [-0.4, -0.2) is 33.3 Å². The van der Waals surface area contributed by atoms with Crippen LogP contribution in [0.5, 0.6) is 0 Å². The van der Waals surface area contributed by atoms with Crippen LogP contribution in [0.2, 0.25) is 10.0 Å². The third-order valence-corrected chi connectivity index (χ3v) is 8.30.